The Bertz CT molecular complexity index is 569. The molecule has 0 amide bonds. The average molecular weight is 307 g/mol. The van der Waals surface area contributed by atoms with Crippen LogP contribution in [0, 0.1) is 5.82 Å². The number of fused-ring (bicyclic) bond motifs is 1. The van der Waals surface area contributed by atoms with Gasteiger partial charge >= 0.3 is 0 Å². The van der Waals surface area contributed by atoms with E-state index in [9.17, 15) is 4.39 Å². The zero-order valence-electron chi connectivity index (χ0n) is 9.74. The lowest BCUT2D eigenvalue weighted by Crippen LogP contribution is -2.20. The molecule has 0 saturated carbocycles. The second kappa shape index (κ2) is 4.69. The van der Waals surface area contributed by atoms with Gasteiger partial charge in [0.2, 0.25) is 0 Å². The highest BCUT2D eigenvalue weighted by Gasteiger charge is 2.19. The third-order valence-electron chi connectivity index (χ3n) is 3.18. The number of rotatable bonds is 2. The summed E-state index contributed by atoms with van der Waals surface area (Å²) in [6.45, 7) is 1.65. The molecule has 0 bridgehead atoms. The highest BCUT2D eigenvalue weighted by molar-refractivity contribution is 9.10. The predicted octanol–water partition coefficient (Wildman–Crippen LogP) is 3.55. The maximum atomic E-state index is 13.3. The van der Waals surface area contributed by atoms with Crippen LogP contribution in [0.1, 0.15) is 11.3 Å². The van der Waals surface area contributed by atoms with Crippen molar-refractivity contribution in [3.63, 3.8) is 0 Å². The number of anilines is 1. The smallest absolute Gasteiger partial charge is 0.125 e. The fourth-order valence-electron chi connectivity index (χ4n) is 2.28. The molecule has 0 unspecified atom stereocenters. The van der Waals surface area contributed by atoms with E-state index in [1.807, 2.05) is 18.2 Å². The van der Waals surface area contributed by atoms with Crippen LogP contribution in [0.4, 0.5) is 10.1 Å². The number of pyridine rings is 1. The number of benzene rings is 1. The van der Waals surface area contributed by atoms with E-state index in [0.29, 0.717) is 0 Å². The summed E-state index contributed by atoms with van der Waals surface area (Å²) in [6.07, 6.45) is 2.77. The van der Waals surface area contributed by atoms with Gasteiger partial charge in [-0.2, -0.15) is 0 Å². The van der Waals surface area contributed by atoms with Crippen LogP contribution in [0.25, 0.3) is 0 Å². The first-order chi connectivity index (χ1) is 8.72. The van der Waals surface area contributed by atoms with Crippen LogP contribution in [-0.4, -0.2) is 11.5 Å². The van der Waals surface area contributed by atoms with Crippen LogP contribution < -0.4 is 4.90 Å². The fraction of sp³-hybridized carbons (Fsp3) is 0.214. The Balaban J connectivity index is 1.84. The normalized spacial score (nSPS) is 13.8. The van der Waals surface area contributed by atoms with E-state index in [1.165, 1.54) is 11.6 Å². The Morgan fingerprint density at radius 3 is 2.94 bits per heavy atom. The average Bonchev–Trinajstić information content (AvgIpc) is 2.75. The molecule has 4 heteroatoms. The summed E-state index contributed by atoms with van der Waals surface area (Å²) in [5.41, 5.74) is 3.21. The van der Waals surface area contributed by atoms with Crippen molar-refractivity contribution in [1.82, 2.24) is 4.98 Å². The number of aromatic nitrogens is 1. The van der Waals surface area contributed by atoms with Gasteiger partial charge < -0.3 is 4.90 Å². The monoisotopic (exact) mass is 306 g/mol. The molecule has 0 atom stereocenters. The quantitative estimate of drug-likeness (QED) is 0.843. The molecule has 0 aliphatic carbocycles. The minimum Gasteiger partial charge on any atom is -0.365 e. The molecule has 2 aromatic rings. The Morgan fingerprint density at radius 2 is 2.17 bits per heavy atom. The minimum absolute atomic E-state index is 0.176. The van der Waals surface area contributed by atoms with Gasteiger partial charge in [-0.15, -0.1) is 0 Å². The molecule has 0 spiro atoms. The topological polar surface area (TPSA) is 16.1 Å². The molecule has 0 radical (unpaired) electrons. The summed E-state index contributed by atoms with van der Waals surface area (Å²) >= 11 is 3.37. The zero-order valence-corrected chi connectivity index (χ0v) is 11.3. The number of hydrogen-bond donors (Lipinski definition) is 0. The van der Waals surface area contributed by atoms with Crippen molar-refractivity contribution in [2.24, 2.45) is 0 Å². The lowest BCUT2D eigenvalue weighted by atomic mass is 10.2. The van der Waals surface area contributed by atoms with E-state index >= 15 is 0 Å². The van der Waals surface area contributed by atoms with Crippen molar-refractivity contribution < 1.29 is 4.39 Å². The van der Waals surface area contributed by atoms with Gasteiger partial charge in [0.25, 0.3) is 0 Å². The maximum Gasteiger partial charge on any atom is 0.125 e. The summed E-state index contributed by atoms with van der Waals surface area (Å²) in [5.74, 6) is -0.176. The van der Waals surface area contributed by atoms with Gasteiger partial charge in [-0.25, -0.2) is 4.39 Å². The summed E-state index contributed by atoms with van der Waals surface area (Å²) in [5, 5.41) is 0. The van der Waals surface area contributed by atoms with Crippen LogP contribution in [0.3, 0.4) is 0 Å². The van der Waals surface area contributed by atoms with Gasteiger partial charge in [0.1, 0.15) is 5.82 Å². The summed E-state index contributed by atoms with van der Waals surface area (Å²) in [7, 11) is 0. The first kappa shape index (κ1) is 11.7. The van der Waals surface area contributed by atoms with E-state index in [1.54, 1.807) is 12.3 Å². The molecule has 1 aromatic carbocycles. The SMILES string of the molecule is Fc1ccc2c(c1)N(Cc1ccc(Br)cn1)CC2. The predicted molar refractivity (Wildman–Crippen MR) is 73.1 cm³/mol. The number of nitrogens with zero attached hydrogens (tertiary/aromatic N) is 2. The summed E-state index contributed by atoms with van der Waals surface area (Å²) in [6, 6.07) is 8.98. The molecule has 0 saturated heterocycles. The van der Waals surface area contributed by atoms with Crippen molar-refractivity contribution in [3.05, 3.63) is 58.1 Å². The molecule has 1 aliphatic heterocycles. The molecule has 2 heterocycles. The van der Waals surface area contributed by atoms with Crippen molar-refractivity contribution in [1.29, 1.82) is 0 Å². The van der Waals surface area contributed by atoms with Crippen LogP contribution in [-0.2, 0) is 13.0 Å². The lowest BCUT2D eigenvalue weighted by molar-refractivity contribution is 0.627. The van der Waals surface area contributed by atoms with Gasteiger partial charge in [0.05, 0.1) is 12.2 Å². The minimum atomic E-state index is -0.176. The van der Waals surface area contributed by atoms with Gasteiger partial charge in [-0.1, -0.05) is 6.07 Å². The zero-order chi connectivity index (χ0) is 12.5. The van der Waals surface area contributed by atoms with Gasteiger partial charge in [0.15, 0.2) is 0 Å². The van der Waals surface area contributed by atoms with Crippen LogP contribution in [0.15, 0.2) is 41.0 Å². The molecule has 18 heavy (non-hydrogen) atoms. The van der Waals surface area contributed by atoms with Crippen LogP contribution in [0.5, 0.6) is 0 Å². The molecule has 3 rings (SSSR count). The second-order valence-corrected chi connectivity index (χ2v) is 5.33. The second-order valence-electron chi connectivity index (χ2n) is 4.41. The largest absolute Gasteiger partial charge is 0.365 e. The Morgan fingerprint density at radius 1 is 1.28 bits per heavy atom. The van der Waals surface area contributed by atoms with Gasteiger partial charge in [-0.3, -0.25) is 4.98 Å². The van der Waals surface area contributed by atoms with E-state index in [4.69, 9.17) is 0 Å². The van der Waals surface area contributed by atoms with E-state index < -0.39 is 0 Å². The molecular formula is C14H12BrFN2. The lowest BCUT2D eigenvalue weighted by Gasteiger charge is -2.18. The molecule has 0 fully saturated rings. The molecule has 1 aliphatic rings. The summed E-state index contributed by atoms with van der Waals surface area (Å²) in [4.78, 5) is 6.53. The molecule has 1 aromatic heterocycles. The third kappa shape index (κ3) is 2.25. The first-order valence-corrected chi connectivity index (χ1v) is 6.65. The Labute approximate surface area is 114 Å². The standard InChI is InChI=1S/C14H12BrFN2/c15-11-2-4-13(17-8-11)9-18-6-5-10-1-3-12(16)7-14(10)18/h1-4,7-8H,5-6,9H2. The van der Waals surface area contributed by atoms with E-state index in [0.717, 1.165) is 35.4 Å². The highest BCUT2D eigenvalue weighted by Crippen LogP contribution is 2.29. The highest BCUT2D eigenvalue weighted by atomic mass is 79.9. The maximum absolute atomic E-state index is 13.3. The fourth-order valence-corrected chi connectivity index (χ4v) is 2.51. The van der Waals surface area contributed by atoms with Crippen LogP contribution >= 0.6 is 15.9 Å². The molecule has 92 valence electrons. The number of halogens is 2. The molecule has 0 N–H and O–H groups in total. The Hall–Kier alpha value is -1.42. The first-order valence-electron chi connectivity index (χ1n) is 5.86. The van der Waals surface area contributed by atoms with Crippen molar-refractivity contribution in [2.45, 2.75) is 13.0 Å². The van der Waals surface area contributed by atoms with Gasteiger partial charge in [0, 0.05) is 22.9 Å². The van der Waals surface area contributed by atoms with E-state index in [2.05, 4.69) is 25.8 Å². The van der Waals surface area contributed by atoms with E-state index in [-0.39, 0.29) is 5.82 Å². The van der Waals surface area contributed by atoms with Crippen LogP contribution in [0.2, 0.25) is 0 Å². The van der Waals surface area contributed by atoms with Gasteiger partial charge in [-0.05, 0) is 52.2 Å². The molecular weight excluding hydrogens is 295 g/mol. The third-order valence-corrected chi connectivity index (χ3v) is 3.65. The Kier molecular flexibility index (Phi) is 3.04. The molecule has 2 nitrogen and oxygen atoms in total. The number of hydrogen-bond acceptors (Lipinski definition) is 2. The van der Waals surface area contributed by atoms with Crippen molar-refractivity contribution in [2.75, 3.05) is 11.4 Å². The van der Waals surface area contributed by atoms with Crippen molar-refractivity contribution in [3.8, 4) is 0 Å². The van der Waals surface area contributed by atoms with Crippen molar-refractivity contribution >= 4 is 21.6 Å². The summed E-state index contributed by atoms with van der Waals surface area (Å²) < 4.78 is 14.2.